The number of H-pyrrole nitrogens is 1. The molecule has 0 saturated heterocycles. The van der Waals surface area contributed by atoms with Crippen LogP contribution in [0.3, 0.4) is 0 Å². The van der Waals surface area contributed by atoms with Crippen molar-refractivity contribution in [2.24, 2.45) is 0 Å². The van der Waals surface area contributed by atoms with Crippen LogP contribution in [0.15, 0.2) is 64.2 Å². The third-order valence-electron chi connectivity index (χ3n) is 5.02. The summed E-state index contributed by atoms with van der Waals surface area (Å²) in [4.78, 5) is 41.5. The molecule has 30 heavy (non-hydrogen) atoms. The van der Waals surface area contributed by atoms with Crippen LogP contribution < -0.4 is 21.9 Å². The van der Waals surface area contributed by atoms with E-state index < -0.39 is 11.2 Å². The van der Waals surface area contributed by atoms with Crippen molar-refractivity contribution in [1.82, 2.24) is 9.55 Å². The minimum Gasteiger partial charge on any atom is -0.383 e. The van der Waals surface area contributed by atoms with Crippen molar-refractivity contribution in [2.75, 3.05) is 17.2 Å². The molecule has 0 unspecified atom stereocenters. The number of hydrogen-bond donors (Lipinski definition) is 2. The van der Waals surface area contributed by atoms with Crippen molar-refractivity contribution in [3.05, 3.63) is 81.0 Å². The normalized spacial score (nSPS) is 10.7. The average Bonchev–Trinajstić information content (AvgIpc) is 2.76. The third-order valence-corrected chi connectivity index (χ3v) is 5.02. The monoisotopic (exact) mass is 406 g/mol. The standard InChI is InChI=1S/C23H26N4O3/c1-3-5-15-27-20(24)19(21(28)25-23(27)30)26(4-2)22(29)18-13-11-17(12-14-18)16-9-7-6-8-10-16/h6-14H,3-5,15,24H2,1-2H3,(H,25,28,30). The van der Waals surface area contributed by atoms with Crippen molar-refractivity contribution in [3.8, 4) is 11.1 Å². The molecule has 0 radical (unpaired) electrons. The first-order valence-electron chi connectivity index (χ1n) is 10.1. The zero-order valence-corrected chi connectivity index (χ0v) is 17.2. The molecular weight excluding hydrogens is 380 g/mol. The molecule has 1 heterocycles. The zero-order valence-electron chi connectivity index (χ0n) is 17.2. The first-order valence-corrected chi connectivity index (χ1v) is 10.1. The molecule has 1 aromatic heterocycles. The number of aromatic amines is 1. The number of nitrogen functional groups attached to an aromatic ring is 1. The number of nitrogens with one attached hydrogen (secondary N) is 1. The van der Waals surface area contributed by atoms with Crippen LogP contribution in [-0.4, -0.2) is 22.0 Å². The Morgan fingerprint density at radius 3 is 2.23 bits per heavy atom. The van der Waals surface area contributed by atoms with Crippen molar-refractivity contribution in [2.45, 2.75) is 33.2 Å². The summed E-state index contributed by atoms with van der Waals surface area (Å²) in [5.41, 5.74) is 7.41. The van der Waals surface area contributed by atoms with Crippen molar-refractivity contribution in [3.63, 3.8) is 0 Å². The molecule has 0 aliphatic carbocycles. The number of carbonyl (C=O) groups excluding carboxylic acids is 1. The number of aromatic nitrogens is 2. The van der Waals surface area contributed by atoms with Gasteiger partial charge in [0.2, 0.25) is 0 Å². The van der Waals surface area contributed by atoms with Crippen LogP contribution >= 0.6 is 0 Å². The van der Waals surface area contributed by atoms with Gasteiger partial charge in [0.25, 0.3) is 11.5 Å². The molecule has 3 N–H and O–H groups in total. The van der Waals surface area contributed by atoms with Crippen molar-refractivity contribution < 1.29 is 4.79 Å². The summed E-state index contributed by atoms with van der Waals surface area (Å²) in [6.07, 6.45) is 1.60. The Labute approximate surface area is 174 Å². The number of benzene rings is 2. The lowest BCUT2D eigenvalue weighted by molar-refractivity contribution is 0.0988. The van der Waals surface area contributed by atoms with Crippen LogP contribution in [-0.2, 0) is 6.54 Å². The number of carbonyl (C=O) groups is 1. The molecule has 0 spiro atoms. The van der Waals surface area contributed by atoms with Gasteiger partial charge in [0.1, 0.15) is 5.82 Å². The number of unbranched alkanes of at least 4 members (excludes halogenated alkanes) is 1. The van der Waals surface area contributed by atoms with E-state index in [1.165, 1.54) is 9.47 Å². The van der Waals surface area contributed by atoms with E-state index in [-0.39, 0.29) is 24.0 Å². The summed E-state index contributed by atoms with van der Waals surface area (Å²) in [5, 5.41) is 0. The number of amides is 1. The molecule has 0 aliphatic rings. The van der Waals surface area contributed by atoms with Crippen LogP contribution in [0, 0.1) is 0 Å². The van der Waals surface area contributed by atoms with E-state index in [0.717, 1.165) is 24.0 Å². The minimum absolute atomic E-state index is 0.00494. The van der Waals surface area contributed by atoms with Gasteiger partial charge in [-0.1, -0.05) is 55.8 Å². The topological polar surface area (TPSA) is 101 Å². The first kappa shape index (κ1) is 21.1. The first-order chi connectivity index (χ1) is 14.5. The van der Waals surface area contributed by atoms with Gasteiger partial charge in [-0.3, -0.25) is 19.1 Å². The molecule has 3 aromatic rings. The van der Waals surface area contributed by atoms with Crippen LogP contribution in [0.2, 0.25) is 0 Å². The quantitative estimate of drug-likeness (QED) is 0.629. The predicted molar refractivity (Wildman–Crippen MR) is 120 cm³/mol. The van der Waals surface area contributed by atoms with Gasteiger partial charge in [0.15, 0.2) is 5.69 Å². The van der Waals surface area contributed by atoms with E-state index in [0.29, 0.717) is 12.1 Å². The Balaban J connectivity index is 1.97. The molecule has 7 heteroatoms. The van der Waals surface area contributed by atoms with Gasteiger partial charge in [-0.15, -0.1) is 0 Å². The van der Waals surface area contributed by atoms with Crippen LogP contribution in [0.25, 0.3) is 11.1 Å². The largest absolute Gasteiger partial charge is 0.383 e. The maximum Gasteiger partial charge on any atom is 0.330 e. The third kappa shape index (κ3) is 4.20. The number of hydrogen-bond acceptors (Lipinski definition) is 4. The number of nitrogens with two attached hydrogens (primary N) is 1. The summed E-state index contributed by atoms with van der Waals surface area (Å²) in [5.74, 6) is -0.344. The van der Waals surface area contributed by atoms with E-state index in [9.17, 15) is 14.4 Å². The Bertz CT molecular complexity index is 1130. The Hall–Kier alpha value is -3.61. The number of rotatable bonds is 7. The molecule has 0 saturated carbocycles. The molecule has 0 fully saturated rings. The highest BCUT2D eigenvalue weighted by Crippen LogP contribution is 2.22. The van der Waals surface area contributed by atoms with Crippen LogP contribution in [0.5, 0.6) is 0 Å². The highest BCUT2D eigenvalue weighted by atomic mass is 16.2. The Morgan fingerprint density at radius 1 is 1.00 bits per heavy atom. The molecule has 0 bridgehead atoms. The fourth-order valence-corrected chi connectivity index (χ4v) is 3.37. The SMILES string of the molecule is CCCCn1c(N)c(N(CC)C(=O)c2ccc(-c3ccccc3)cc2)c(=O)[nH]c1=O. The number of nitrogens with zero attached hydrogens (tertiary/aromatic N) is 2. The highest BCUT2D eigenvalue weighted by Gasteiger charge is 2.24. The highest BCUT2D eigenvalue weighted by molar-refractivity contribution is 6.07. The molecule has 3 rings (SSSR count). The van der Waals surface area contributed by atoms with Crippen molar-refractivity contribution >= 4 is 17.4 Å². The predicted octanol–water partition coefficient (Wildman–Crippen LogP) is 3.25. The van der Waals surface area contributed by atoms with Crippen LogP contribution in [0.4, 0.5) is 11.5 Å². The smallest absolute Gasteiger partial charge is 0.330 e. The van der Waals surface area contributed by atoms with E-state index in [1.54, 1.807) is 19.1 Å². The lowest BCUT2D eigenvalue weighted by Crippen LogP contribution is -2.41. The van der Waals surface area contributed by atoms with E-state index in [1.807, 2.05) is 49.4 Å². The maximum atomic E-state index is 13.2. The summed E-state index contributed by atoms with van der Waals surface area (Å²) >= 11 is 0. The van der Waals surface area contributed by atoms with E-state index in [4.69, 9.17) is 5.73 Å². The van der Waals surface area contributed by atoms with Gasteiger partial charge >= 0.3 is 5.69 Å². The maximum absolute atomic E-state index is 13.2. The van der Waals surface area contributed by atoms with Crippen LogP contribution in [0.1, 0.15) is 37.0 Å². The minimum atomic E-state index is -0.665. The van der Waals surface area contributed by atoms with Gasteiger partial charge in [0, 0.05) is 18.7 Å². The van der Waals surface area contributed by atoms with Crippen molar-refractivity contribution in [1.29, 1.82) is 0 Å². The van der Waals surface area contributed by atoms with Gasteiger partial charge in [-0.05, 0) is 36.6 Å². The molecule has 156 valence electrons. The fraction of sp³-hybridized carbons (Fsp3) is 0.261. The lowest BCUT2D eigenvalue weighted by Gasteiger charge is -2.23. The van der Waals surface area contributed by atoms with Gasteiger partial charge in [-0.25, -0.2) is 4.79 Å². The molecule has 1 amide bonds. The molecular formula is C23H26N4O3. The lowest BCUT2D eigenvalue weighted by atomic mass is 10.0. The summed E-state index contributed by atoms with van der Waals surface area (Å²) in [6.45, 7) is 4.37. The summed E-state index contributed by atoms with van der Waals surface area (Å²) < 4.78 is 1.31. The molecule has 0 aliphatic heterocycles. The fourth-order valence-electron chi connectivity index (χ4n) is 3.37. The van der Waals surface area contributed by atoms with Gasteiger partial charge in [0.05, 0.1) is 0 Å². The van der Waals surface area contributed by atoms with E-state index >= 15 is 0 Å². The van der Waals surface area contributed by atoms with E-state index in [2.05, 4.69) is 4.98 Å². The molecule has 7 nitrogen and oxygen atoms in total. The molecule has 2 aromatic carbocycles. The Morgan fingerprint density at radius 2 is 1.63 bits per heavy atom. The average molecular weight is 406 g/mol. The second kappa shape index (κ2) is 9.26. The van der Waals surface area contributed by atoms with Gasteiger partial charge in [-0.2, -0.15) is 0 Å². The van der Waals surface area contributed by atoms with Gasteiger partial charge < -0.3 is 10.6 Å². The second-order valence-electron chi connectivity index (χ2n) is 6.99. The second-order valence-corrected chi connectivity index (χ2v) is 6.99. The molecule has 0 atom stereocenters. The number of anilines is 2. The zero-order chi connectivity index (χ0) is 21.7. The summed E-state index contributed by atoms with van der Waals surface area (Å²) in [7, 11) is 0. The Kier molecular flexibility index (Phi) is 6.51. The summed E-state index contributed by atoms with van der Waals surface area (Å²) in [6, 6.07) is 17.0.